The molecule has 0 bridgehead atoms. The van der Waals surface area contributed by atoms with Crippen molar-refractivity contribution in [2.45, 2.75) is 12.8 Å². The number of sulfone groups is 1. The van der Waals surface area contributed by atoms with Crippen molar-refractivity contribution in [3.63, 3.8) is 0 Å². The molecule has 0 unspecified atom stereocenters. The first-order valence-electron chi connectivity index (χ1n) is 6.78. The van der Waals surface area contributed by atoms with Gasteiger partial charge in [-0.05, 0) is 36.1 Å². The van der Waals surface area contributed by atoms with Gasteiger partial charge < -0.3 is 10.1 Å². The average molecular weight is 295 g/mol. The van der Waals surface area contributed by atoms with E-state index in [0.717, 1.165) is 17.7 Å². The van der Waals surface area contributed by atoms with Crippen molar-refractivity contribution in [3.8, 4) is 5.75 Å². The molecule has 1 amide bonds. The first kappa shape index (κ1) is 13.4. The van der Waals surface area contributed by atoms with Crippen LogP contribution in [0.2, 0.25) is 0 Å². The Kier molecular flexibility index (Phi) is 3.41. The standard InChI is InChI=1S/C14H17NO4S/c16-14(15-8-10-4-6-20(17,18)9-10)12-1-2-13-11(7-12)3-5-19-13/h1-2,7,10H,3-6,8-9H2,(H,15,16)/t10-/m0/s1. The van der Waals surface area contributed by atoms with E-state index < -0.39 is 9.84 Å². The average Bonchev–Trinajstić information content (AvgIpc) is 3.01. The Balaban J connectivity index is 1.60. The van der Waals surface area contributed by atoms with Crippen molar-refractivity contribution < 1.29 is 17.9 Å². The zero-order valence-electron chi connectivity index (χ0n) is 11.1. The Labute approximate surface area is 118 Å². The number of benzene rings is 1. The van der Waals surface area contributed by atoms with Gasteiger partial charge in [0.25, 0.3) is 5.91 Å². The number of hydrogen-bond donors (Lipinski definition) is 1. The molecule has 2 aliphatic rings. The highest BCUT2D eigenvalue weighted by atomic mass is 32.2. The Morgan fingerprint density at radius 1 is 1.40 bits per heavy atom. The SMILES string of the molecule is O=C(NC[C@@H]1CCS(=O)(=O)C1)c1ccc2c(c1)CCO2. The van der Waals surface area contributed by atoms with Crippen molar-refractivity contribution >= 4 is 15.7 Å². The van der Waals surface area contributed by atoms with Crippen molar-refractivity contribution in [3.05, 3.63) is 29.3 Å². The van der Waals surface area contributed by atoms with Gasteiger partial charge in [-0.2, -0.15) is 0 Å². The second-order valence-corrected chi connectivity index (χ2v) is 7.63. The molecule has 1 fully saturated rings. The van der Waals surface area contributed by atoms with E-state index in [-0.39, 0.29) is 23.3 Å². The fraction of sp³-hybridized carbons (Fsp3) is 0.500. The Bertz CT molecular complexity index is 639. The van der Waals surface area contributed by atoms with Gasteiger partial charge in [0.2, 0.25) is 0 Å². The summed E-state index contributed by atoms with van der Waals surface area (Å²) in [5, 5.41) is 2.83. The van der Waals surface area contributed by atoms with Gasteiger partial charge in [0.1, 0.15) is 5.75 Å². The van der Waals surface area contributed by atoms with E-state index in [1.807, 2.05) is 12.1 Å². The summed E-state index contributed by atoms with van der Waals surface area (Å²) < 4.78 is 28.1. The second kappa shape index (κ2) is 5.09. The number of ether oxygens (including phenoxy) is 1. The molecule has 2 heterocycles. The van der Waals surface area contributed by atoms with E-state index in [4.69, 9.17) is 4.74 Å². The van der Waals surface area contributed by atoms with Crippen molar-refractivity contribution in [2.75, 3.05) is 24.7 Å². The fourth-order valence-electron chi connectivity index (χ4n) is 2.70. The minimum atomic E-state index is -2.88. The monoisotopic (exact) mass is 295 g/mol. The van der Waals surface area contributed by atoms with E-state index in [9.17, 15) is 13.2 Å². The summed E-state index contributed by atoms with van der Waals surface area (Å²) in [6.45, 7) is 1.09. The van der Waals surface area contributed by atoms with E-state index >= 15 is 0 Å². The lowest BCUT2D eigenvalue weighted by atomic mass is 10.1. The van der Waals surface area contributed by atoms with Crippen LogP contribution in [0.5, 0.6) is 5.75 Å². The molecular weight excluding hydrogens is 278 g/mol. The third-order valence-corrected chi connectivity index (χ3v) is 5.67. The largest absolute Gasteiger partial charge is 0.493 e. The minimum absolute atomic E-state index is 0.0433. The van der Waals surface area contributed by atoms with Crippen LogP contribution in [0, 0.1) is 5.92 Å². The highest BCUT2D eigenvalue weighted by molar-refractivity contribution is 7.91. The van der Waals surface area contributed by atoms with Gasteiger partial charge in [-0.15, -0.1) is 0 Å². The summed E-state index contributed by atoms with van der Waals surface area (Å²) in [6.07, 6.45) is 1.47. The highest BCUT2D eigenvalue weighted by Crippen LogP contribution is 2.25. The van der Waals surface area contributed by atoms with Crippen LogP contribution < -0.4 is 10.1 Å². The van der Waals surface area contributed by atoms with Gasteiger partial charge in [0.05, 0.1) is 18.1 Å². The summed E-state index contributed by atoms with van der Waals surface area (Å²) >= 11 is 0. The predicted molar refractivity (Wildman–Crippen MR) is 74.7 cm³/mol. The Morgan fingerprint density at radius 3 is 3.00 bits per heavy atom. The number of fused-ring (bicyclic) bond motifs is 1. The number of carbonyl (C=O) groups is 1. The molecule has 0 aromatic heterocycles. The molecule has 0 radical (unpaired) electrons. The van der Waals surface area contributed by atoms with Gasteiger partial charge in [-0.3, -0.25) is 4.79 Å². The van der Waals surface area contributed by atoms with Crippen LogP contribution in [-0.2, 0) is 16.3 Å². The lowest BCUT2D eigenvalue weighted by molar-refractivity contribution is 0.0948. The fourth-order valence-corrected chi connectivity index (χ4v) is 4.56. The number of nitrogens with one attached hydrogen (secondary N) is 1. The summed E-state index contributed by atoms with van der Waals surface area (Å²) in [5.41, 5.74) is 1.66. The molecule has 1 N–H and O–H groups in total. The minimum Gasteiger partial charge on any atom is -0.493 e. The van der Waals surface area contributed by atoms with Crippen molar-refractivity contribution in [2.24, 2.45) is 5.92 Å². The van der Waals surface area contributed by atoms with E-state index in [1.165, 1.54) is 0 Å². The predicted octanol–water partition coefficient (Wildman–Crippen LogP) is 0.786. The smallest absolute Gasteiger partial charge is 0.251 e. The van der Waals surface area contributed by atoms with Crippen LogP contribution in [0.1, 0.15) is 22.3 Å². The zero-order chi connectivity index (χ0) is 14.2. The maximum Gasteiger partial charge on any atom is 0.251 e. The quantitative estimate of drug-likeness (QED) is 0.894. The first-order chi connectivity index (χ1) is 9.53. The summed E-state index contributed by atoms with van der Waals surface area (Å²) in [7, 11) is -2.88. The maximum absolute atomic E-state index is 12.1. The molecule has 2 aliphatic heterocycles. The normalized spacial score (nSPS) is 23.1. The molecule has 3 rings (SSSR count). The number of carbonyl (C=O) groups excluding carboxylic acids is 1. The molecular formula is C14H17NO4S. The molecule has 0 aliphatic carbocycles. The van der Waals surface area contributed by atoms with Gasteiger partial charge in [-0.25, -0.2) is 8.42 Å². The molecule has 20 heavy (non-hydrogen) atoms. The number of rotatable bonds is 3. The molecule has 108 valence electrons. The van der Waals surface area contributed by atoms with Gasteiger partial charge >= 0.3 is 0 Å². The van der Waals surface area contributed by atoms with Crippen LogP contribution in [0.3, 0.4) is 0 Å². The maximum atomic E-state index is 12.1. The first-order valence-corrected chi connectivity index (χ1v) is 8.60. The molecule has 1 aromatic rings. The van der Waals surface area contributed by atoms with Crippen molar-refractivity contribution in [1.82, 2.24) is 5.32 Å². The molecule has 6 heteroatoms. The topological polar surface area (TPSA) is 72.5 Å². The zero-order valence-corrected chi connectivity index (χ0v) is 11.9. The molecule has 1 atom stereocenters. The van der Waals surface area contributed by atoms with E-state index in [2.05, 4.69) is 5.32 Å². The van der Waals surface area contributed by atoms with Crippen LogP contribution in [0.25, 0.3) is 0 Å². The third-order valence-electron chi connectivity index (χ3n) is 3.83. The Morgan fingerprint density at radius 2 is 2.25 bits per heavy atom. The van der Waals surface area contributed by atoms with Crippen LogP contribution in [-0.4, -0.2) is 39.0 Å². The van der Waals surface area contributed by atoms with E-state index in [0.29, 0.717) is 25.1 Å². The molecule has 1 saturated heterocycles. The summed E-state index contributed by atoms with van der Waals surface area (Å²) in [4.78, 5) is 12.1. The van der Waals surface area contributed by atoms with Gasteiger partial charge in [0, 0.05) is 18.5 Å². The van der Waals surface area contributed by atoms with Crippen LogP contribution in [0.15, 0.2) is 18.2 Å². The summed E-state index contributed by atoms with van der Waals surface area (Å²) in [5.74, 6) is 1.17. The Hall–Kier alpha value is -1.56. The lowest BCUT2D eigenvalue weighted by Gasteiger charge is -2.10. The second-order valence-electron chi connectivity index (χ2n) is 5.40. The van der Waals surface area contributed by atoms with Crippen molar-refractivity contribution in [1.29, 1.82) is 0 Å². The molecule has 5 nitrogen and oxygen atoms in total. The summed E-state index contributed by atoms with van der Waals surface area (Å²) in [6, 6.07) is 5.41. The number of amides is 1. The van der Waals surface area contributed by atoms with Gasteiger partial charge in [0.15, 0.2) is 9.84 Å². The van der Waals surface area contributed by atoms with Crippen LogP contribution in [0.4, 0.5) is 0 Å². The van der Waals surface area contributed by atoms with Gasteiger partial charge in [-0.1, -0.05) is 0 Å². The lowest BCUT2D eigenvalue weighted by Crippen LogP contribution is -2.29. The third kappa shape index (κ3) is 2.80. The highest BCUT2D eigenvalue weighted by Gasteiger charge is 2.28. The molecule has 1 aromatic carbocycles. The molecule has 0 saturated carbocycles. The van der Waals surface area contributed by atoms with E-state index in [1.54, 1.807) is 6.07 Å². The number of hydrogen-bond acceptors (Lipinski definition) is 4. The van der Waals surface area contributed by atoms with Crippen LogP contribution >= 0.6 is 0 Å². The molecule has 0 spiro atoms.